The molecule has 1 rings (SSSR count). The zero-order valence-electron chi connectivity index (χ0n) is 19.7. The molecule has 0 aromatic carbocycles. The first-order chi connectivity index (χ1) is 14.9. The van der Waals surface area contributed by atoms with Crippen molar-refractivity contribution in [3.8, 4) is 11.8 Å². The average Bonchev–Trinajstić information content (AvgIpc) is 2.71. The largest absolute Gasteiger partial charge is 0.399 e. The molecule has 6 N–H and O–H groups in total. The molecule has 1 heterocycles. The van der Waals surface area contributed by atoms with Crippen LogP contribution in [0.1, 0.15) is 52.5 Å². The van der Waals surface area contributed by atoms with Crippen molar-refractivity contribution in [2.75, 3.05) is 26.7 Å². The second-order valence-electron chi connectivity index (χ2n) is 8.76. The normalized spacial score (nSPS) is 12.2. The van der Waals surface area contributed by atoms with Crippen molar-refractivity contribution in [2.45, 2.75) is 63.3 Å². The van der Waals surface area contributed by atoms with Gasteiger partial charge in [-0.3, -0.25) is 4.79 Å². The summed E-state index contributed by atoms with van der Waals surface area (Å²) >= 11 is 4.03. The molecule has 0 saturated carbocycles. The minimum Gasteiger partial charge on any atom is -0.399 e. The number of thiol groups is 1. The first-order valence-corrected chi connectivity index (χ1v) is 10.9. The van der Waals surface area contributed by atoms with Gasteiger partial charge < -0.3 is 26.1 Å². The highest BCUT2D eigenvalue weighted by molar-refractivity contribution is 7.80. The smallest absolute Gasteiger partial charge is 0.220 e. The third-order valence-corrected chi connectivity index (χ3v) is 4.69. The molecule has 1 aromatic rings. The third-order valence-electron chi connectivity index (χ3n) is 4.46. The molecule has 1 amide bonds. The van der Waals surface area contributed by atoms with Gasteiger partial charge in [0, 0.05) is 42.7 Å². The van der Waals surface area contributed by atoms with Crippen molar-refractivity contribution in [3.05, 3.63) is 29.9 Å². The average molecular weight is 464 g/mol. The summed E-state index contributed by atoms with van der Waals surface area (Å²) < 4.78 is 5.99. The lowest BCUT2D eigenvalue weighted by Crippen LogP contribution is -2.48. The Morgan fingerprint density at radius 2 is 1.97 bits per heavy atom. The number of carbonyl (C=O) groups excluding carboxylic acids is 1. The van der Waals surface area contributed by atoms with Crippen LogP contribution in [0.4, 0.5) is 0 Å². The van der Waals surface area contributed by atoms with E-state index in [1.165, 1.54) is 5.01 Å². The van der Waals surface area contributed by atoms with Gasteiger partial charge in [-0.1, -0.05) is 11.8 Å². The Morgan fingerprint density at radius 1 is 1.31 bits per heavy atom. The molecule has 0 aliphatic rings. The lowest BCUT2D eigenvalue weighted by molar-refractivity contribution is -0.121. The van der Waals surface area contributed by atoms with Gasteiger partial charge in [-0.2, -0.15) is 0 Å². The summed E-state index contributed by atoms with van der Waals surface area (Å²) in [6.45, 7) is 9.27. The SMILES string of the molecule is CNC(C)(C)COC(C)(C)CN(N)/C=C(\N)CNC(=O)CCCC#Cc1cnc(S)nc1. The van der Waals surface area contributed by atoms with Crippen LogP contribution in [-0.2, 0) is 9.53 Å². The van der Waals surface area contributed by atoms with Gasteiger partial charge in [0.1, 0.15) is 0 Å². The number of carbonyl (C=O) groups is 1. The molecule has 0 saturated heterocycles. The Hall–Kier alpha value is -2.32. The second-order valence-corrected chi connectivity index (χ2v) is 9.16. The summed E-state index contributed by atoms with van der Waals surface area (Å²) in [5.41, 5.74) is 6.57. The van der Waals surface area contributed by atoms with Crippen LogP contribution in [0.15, 0.2) is 29.4 Å². The number of unbranched alkanes of at least 4 members (excludes halogenated alkanes) is 1. The highest BCUT2D eigenvalue weighted by atomic mass is 32.1. The molecule has 0 fully saturated rings. The quantitative estimate of drug-likeness (QED) is 0.0780. The van der Waals surface area contributed by atoms with Gasteiger partial charge in [0.2, 0.25) is 5.91 Å². The second kappa shape index (κ2) is 13.3. The van der Waals surface area contributed by atoms with Gasteiger partial charge in [-0.15, -0.1) is 12.6 Å². The number of nitrogens with one attached hydrogen (secondary N) is 2. The van der Waals surface area contributed by atoms with Crippen LogP contribution in [0.25, 0.3) is 0 Å². The zero-order valence-corrected chi connectivity index (χ0v) is 20.6. The van der Waals surface area contributed by atoms with E-state index in [9.17, 15) is 4.79 Å². The summed E-state index contributed by atoms with van der Waals surface area (Å²) in [6, 6.07) is 0. The van der Waals surface area contributed by atoms with Gasteiger partial charge in [0.15, 0.2) is 5.16 Å². The highest BCUT2D eigenvalue weighted by Gasteiger charge is 2.25. The van der Waals surface area contributed by atoms with Crippen molar-refractivity contribution in [3.63, 3.8) is 0 Å². The van der Waals surface area contributed by atoms with E-state index in [1.54, 1.807) is 18.6 Å². The first-order valence-electron chi connectivity index (χ1n) is 10.5. The van der Waals surface area contributed by atoms with Gasteiger partial charge in [-0.25, -0.2) is 15.8 Å². The molecular weight excluding hydrogens is 426 g/mol. The van der Waals surface area contributed by atoms with Crippen LogP contribution in [-0.4, -0.2) is 58.8 Å². The van der Waals surface area contributed by atoms with Crippen molar-refractivity contribution in [2.24, 2.45) is 11.6 Å². The van der Waals surface area contributed by atoms with Crippen molar-refractivity contribution in [1.82, 2.24) is 25.6 Å². The van der Waals surface area contributed by atoms with Gasteiger partial charge in [-0.05, 0) is 41.2 Å². The number of rotatable bonds is 12. The van der Waals surface area contributed by atoms with Crippen LogP contribution in [0.5, 0.6) is 0 Å². The zero-order chi connectivity index (χ0) is 24.2. The fourth-order valence-electron chi connectivity index (χ4n) is 2.41. The van der Waals surface area contributed by atoms with Crippen LogP contribution in [0.2, 0.25) is 0 Å². The molecule has 0 aliphatic carbocycles. The Bertz CT molecular complexity index is 814. The van der Waals surface area contributed by atoms with E-state index in [0.717, 1.165) is 5.56 Å². The monoisotopic (exact) mass is 463 g/mol. The molecule has 0 spiro atoms. The number of hydrazine groups is 1. The van der Waals surface area contributed by atoms with Crippen molar-refractivity contribution in [1.29, 1.82) is 0 Å². The van der Waals surface area contributed by atoms with E-state index in [2.05, 4.69) is 58.9 Å². The lowest BCUT2D eigenvalue weighted by Gasteiger charge is -2.34. The Kier molecular flexibility index (Phi) is 11.5. The van der Waals surface area contributed by atoms with Crippen LogP contribution in [0.3, 0.4) is 0 Å². The van der Waals surface area contributed by atoms with E-state index < -0.39 is 5.60 Å². The number of ether oxygens (including phenoxy) is 1. The van der Waals surface area contributed by atoms with Gasteiger partial charge >= 0.3 is 0 Å². The van der Waals surface area contributed by atoms with Crippen LogP contribution in [0, 0.1) is 11.8 Å². The van der Waals surface area contributed by atoms with E-state index in [4.69, 9.17) is 16.3 Å². The Morgan fingerprint density at radius 3 is 2.59 bits per heavy atom. The maximum absolute atomic E-state index is 12.0. The molecule has 178 valence electrons. The first kappa shape index (κ1) is 27.7. The third kappa shape index (κ3) is 12.5. The minimum absolute atomic E-state index is 0.0903. The number of amides is 1. The summed E-state index contributed by atoms with van der Waals surface area (Å²) in [5, 5.41) is 7.87. The molecule has 10 heteroatoms. The summed E-state index contributed by atoms with van der Waals surface area (Å²) in [5.74, 6) is 11.9. The van der Waals surface area contributed by atoms with E-state index in [0.29, 0.717) is 43.3 Å². The fourth-order valence-corrected chi connectivity index (χ4v) is 2.53. The molecule has 32 heavy (non-hydrogen) atoms. The molecule has 9 nitrogen and oxygen atoms in total. The molecule has 0 atom stereocenters. The molecule has 0 bridgehead atoms. The summed E-state index contributed by atoms with van der Waals surface area (Å²) in [6.07, 6.45) is 6.44. The fraction of sp³-hybridized carbons (Fsp3) is 0.591. The maximum Gasteiger partial charge on any atom is 0.220 e. The predicted octanol–water partition coefficient (Wildman–Crippen LogP) is 1.17. The lowest BCUT2D eigenvalue weighted by atomic mass is 10.1. The number of aromatic nitrogens is 2. The van der Waals surface area contributed by atoms with E-state index in [1.807, 2.05) is 20.9 Å². The van der Waals surface area contributed by atoms with Crippen LogP contribution < -0.4 is 22.2 Å². The van der Waals surface area contributed by atoms with Gasteiger partial charge in [0.25, 0.3) is 0 Å². The van der Waals surface area contributed by atoms with Gasteiger partial charge in [0.05, 0.1) is 30.9 Å². The maximum atomic E-state index is 12.0. The van der Waals surface area contributed by atoms with E-state index in [-0.39, 0.29) is 18.0 Å². The highest BCUT2D eigenvalue weighted by Crippen LogP contribution is 2.14. The van der Waals surface area contributed by atoms with E-state index >= 15 is 0 Å². The molecule has 0 aliphatic heterocycles. The Balaban J connectivity index is 2.32. The number of nitrogens with zero attached hydrogens (tertiary/aromatic N) is 3. The molecule has 1 aromatic heterocycles. The van der Waals surface area contributed by atoms with Crippen molar-refractivity contribution < 1.29 is 9.53 Å². The summed E-state index contributed by atoms with van der Waals surface area (Å²) in [7, 11) is 1.90. The molecule has 0 radical (unpaired) electrons. The van der Waals surface area contributed by atoms with Crippen molar-refractivity contribution >= 4 is 18.5 Å². The minimum atomic E-state index is -0.467. The standard InChI is InChI=1S/C22H37N7O2S/c1-21(2,25-5)16-31-22(3,4)15-29(24)14-18(23)13-26-19(30)10-8-6-7-9-17-11-27-20(32)28-12-17/h11-12,14,25H,6,8,10,13,15-16,23-24H2,1-5H3,(H,26,30)(H,27,28,32)/b18-14-. The number of likely N-dealkylation sites (N-methyl/N-ethyl adjacent to an activating group) is 1. The molecular formula is C22H37N7O2S. The number of hydrogen-bond donors (Lipinski definition) is 5. The predicted molar refractivity (Wildman–Crippen MR) is 129 cm³/mol. The Labute approximate surface area is 197 Å². The number of hydrogen-bond acceptors (Lipinski definition) is 9. The number of nitrogens with two attached hydrogens (primary N) is 2. The summed E-state index contributed by atoms with van der Waals surface area (Å²) in [4.78, 5) is 19.9. The topological polar surface area (TPSA) is 131 Å². The molecule has 0 unspecified atom stereocenters. The van der Waals surface area contributed by atoms with Crippen LogP contribution >= 0.6 is 12.6 Å².